The van der Waals surface area contributed by atoms with Crippen LogP contribution < -0.4 is 4.90 Å². The van der Waals surface area contributed by atoms with Crippen molar-refractivity contribution in [3.63, 3.8) is 0 Å². The molecule has 0 bridgehead atoms. The van der Waals surface area contributed by atoms with Gasteiger partial charge in [0.05, 0.1) is 25.1 Å². The van der Waals surface area contributed by atoms with Crippen molar-refractivity contribution in [2.45, 2.75) is 25.4 Å². The molecule has 2 aliphatic rings. The van der Waals surface area contributed by atoms with Crippen LogP contribution in [0.2, 0.25) is 0 Å². The molecule has 2 fully saturated rings. The molecule has 1 unspecified atom stereocenters. The van der Waals surface area contributed by atoms with Crippen molar-refractivity contribution < 1.29 is 9.84 Å². The lowest BCUT2D eigenvalue weighted by molar-refractivity contribution is -0.0439. The molecule has 2 aliphatic heterocycles. The number of aromatic nitrogens is 2. The van der Waals surface area contributed by atoms with Crippen molar-refractivity contribution in [3.8, 4) is 0 Å². The molecule has 2 aromatic heterocycles. The number of thiophene rings is 1. The molecule has 0 saturated carbocycles. The van der Waals surface area contributed by atoms with E-state index in [4.69, 9.17) is 4.74 Å². The Hall–Kier alpha value is -1.28. The van der Waals surface area contributed by atoms with E-state index in [1.54, 1.807) is 11.3 Å². The number of β-amino-alcohol motifs (C(OH)–C–C–N with tert-alkyl or cyclic N) is 1. The summed E-state index contributed by atoms with van der Waals surface area (Å²) in [5.74, 6) is 1.69. The SMILES string of the molecule is Cc1nc(N2CCOCC(O)(CN3CCCC3)C2)c2ccsc2n1. The summed E-state index contributed by atoms with van der Waals surface area (Å²) in [6.07, 6.45) is 2.45. The number of rotatable bonds is 3. The molecule has 7 heteroatoms. The summed E-state index contributed by atoms with van der Waals surface area (Å²) in [4.78, 5) is 14.7. The second-order valence-corrected chi connectivity index (χ2v) is 7.81. The molecule has 2 saturated heterocycles. The van der Waals surface area contributed by atoms with Gasteiger partial charge in [0.25, 0.3) is 0 Å². The molecular weight excluding hydrogens is 324 g/mol. The Bertz CT molecular complexity index is 716. The van der Waals surface area contributed by atoms with Crippen LogP contribution in [-0.2, 0) is 4.74 Å². The largest absolute Gasteiger partial charge is 0.384 e. The van der Waals surface area contributed by atoms with Crippen molar-refractivity contribution in [1.29, 1.82) is 0 Å². The van der Waals surface area contributed by atoms with Crippen LogP contribution in [0.5, 0.6) is 0 Å². The van der Waals surface area contributed by atoms with Gasteiger partial charge in [0.15, 0.2) is 0 Å². The van der Waals surface area contributed by atoms with E-state index in [2.05, 4.69) is 25.8 Å². The van der Waals surface area contributed by atoms with Crippen molar-refractivity contribution in [2.24, 2.45) is 0 Å². The topological polar surface area (TPSA) is 61.7 Å². The van der Waals surface area contributed by atoms with E-state index >= 15 is 0 Å². The zero-order valence-electron chi connectivity index (χ0n) is 14.1. The molecule has 0 aliphatic carbocycles. The third-order valence-corrected chi connectivity index (χ3v) is 5.60. The van der Waals surface area contributed by atoms with E-state index in [0.29, 0.717) is 26.3 Å². The van der Waals surface area contributed by atoms with Gasteiger partial charge in [0.1, 0.15) is 22.1 Å². The van der Waals surface area contributed by atoms with Crippen molar-refractivity contribution in [1.82, 2.24) is 14.9 Å². The first-order chi connectivity index (χ1) is 11.6. The summed E-state index contributed by atoms with van der Waals surface area (Å²) in [5.41, 5.74) is -0.859. The van der Waals surface area contributed by atoms with Crippen LogP contribution in [0.4, 0.5) is 5.82 Å². The minimum atomic E-state index is -0.859. The van der Waals surface area contributed by atoms with Crippen LogP contribution in [0, 0.1) is 6.92 Å². The highest BCUT2D eigenvalue weighted by Gasteiger charge is 2.36. The minimum absolute atomic E-state index is 0.386. The molecule has 0 spiro atoms. The van der Waals surface area contributed by atoms with Crippen molar-refractivity contribution in [2.75, 3.05) is 50.8 Å². The normalized spacial score (nSPS) is 26.2. The van der Waals surface area contributed by atoms with Gasteiger partial charge in [0, 0.05) is 13.1 Å². The van der Waals surface area contributed by atoms with Gasteiger partial charge in [-0.1, -0.05) is 0 Å². The first kappa shape index (κ1) is 16.2. The summed E-state index contributed by atoms with van der Waals surface area (Å²) in [5, 5.41) is 14.3. The van der Waals surface area contributed by atoms with Crippen LogP contribution >= 0.6 is 11.3 Å². The average molecular weight is 348 g/mol. The predicted molar refractivity (Wildman–Crippen MR) is 95.8 cm³/mol. The monoisotopic (exact) mass is 348 g/mol. The summed E-state index contributed by atoms with van der Waals surface area (Å²) < 4.78 is 5.74. The van der Waals surface area contributed by atoms with Gasteiger partial charge in [-0.15, -0.1) is 11.3 Å². The van der Waals surface area contributed by atoms with E-state index in [-0.39, 0.29) is 0 Å². The standard InChI is InChI=1S/C17H24N4O2S/c1-13-18-15(14-4-9-24-16(14)19-13)21-7-8-23-12-17(22,11-21)10-20-5-2-3-6-20/h4,9,22H,2-3,5-8,10-12H2,1H3. The fraction of sp³-hybridized carbons (Fsp3) is 0.647. The Labute approximate surface area is 146 Å². The van der Waals surface area contributed by atoms with Crippen LogP contribution in [0.3, 0.4) is 0 Å². The predicted octanol–water partition coefficient (Wildman–Crippen LogP) is 1.66. The second-order valence-electron chi connectivity index (χ2n) is 6.92. The zero-order valence-corrected chi connectivity index (χ0v) is 14.9. The van der Waals surface area contributed by atoms with Crippen LogP contribution in [0.25, 0.3) is 10.2 Å². The Balaban J connectivity index is 1.62. The molecule has 1 N–H and O–H groups in total. The number of ether oxygens (including phenoxy) is 1. The van der Waals surface area contributed by atoms with Gasteiger partial charge in [-0.3, -0.25) is 0 Å². The molecule has 130 valence electrons. The fourth-order valence-electron chi connectivity index (χ4n) is 3.73. The highest BCUT2D eigenvalue weighted by Crippen LogP contribution is 2.30. The van der Waals surface area contributed by atoms with E-state index in [0.717, 1.165) is 41.5 Å². The lowest BCUT2D eigenvalue weighted by Crippen LogP contribution is -2.52. The molecule has 2 aromatic rings. The van der Waals surface area contributed by atoms with Crippen molar-refractivity contribution in [3.05, 3.63) is 17.3 Å². The Kier molecular flexibility index (Phi) is 4.42. The molecule has 1 atom stereocenters. The first-order valence-electron chi connectivity index (χ1n) is 8.62. The van der Waals surface area contributed by atoms with Crippen molar-refractivity contribution >= 4 is 27.4 Å². The zero-order chi connectivity index (χ0) is 16.6. The molecule has 0 radical (unpaired) electrons. The molecule has 4 rings (SSSR count). The third kappa shape index (κ3) is 3.26. The number of likely N-dealkylation sites (tertiary alicyclic amines) is 1. The quantitative estimate of drug-likeness (QED) is 0.910. The van der Waals surface area contributed by atoms with Gasteiger partial charge in [0.2, 0.25) is 0 Å². The molecule has 0 aromatic carbocycles. The van der Waals surface area contributed by atoms with E-state index in [9.17, 15) is 5.11 Å². The maximum absolute atomic E-state index is 11.2. The van der Waals surface area contributed by atoms with E-state index in [1.165, 1.54) is 12.8 Å². The number of anilines is 1. The first-order valence-corrected chi connectivity index (χ1v) is 9.50. The number of aliphatic hydroxyl groups is 1. The van der Waals surface area contributed by atoms with E-state index < -0.39 is 5.60 Å². The Morgan fingerprint density at radius 1 is 1.29 bits per heavy atom. The van der Waals surface area contributed by atoms with Gasteiger partial charge in [-0.05, 0) is 44.3 Å². The van der Waals surface area contributed by atoms with Gasteiger partial charge >= 0.3 is 0 Å². The van der Waals surface area contributed by atoms with Crippen LogP contribution in [0.1, 0.15) is 18.7 Å². The second kappa shape index (κ2) is 6.55. The Morgan fingerprint density at radius 3 is 2.96 bits per heavy atom. The lowest BCUT2D eigenvalue weighted by Gasteiger charge is -2.34. The molecule has 4 heterocycles. The summed E-state index contributed by atoms with van der Waals surface area (Å²) in [7, 11) is 0. The summed E-state index contributed by atoms with van der Waals surface area (Å²) in [6, 6.07) is 2.07. The smallest absolute Gasteiger partial charge is 0.141 e. The average Bonchev–Trinajstić information content (AvgIpc) is 3.17. The number of nitrogens with zero attached hydrogens (tertiary/aromatic N) is 4. The number of hydrogen-bond acceptors (Lipinski definition) is 7. The molecule has 0 amide bonds. The maximum atomic E-state index is 11.2. The number of aryl methyl sites for hydroxylation is 1. The van der Waals surface area contributed by atoms with Gasteiger partial charge < -0.3 is 19.6 Å². The van der Waals surface area contributed by atoms with Crippen LogP contribution in [0.15, 0.2) is 11.4 Å². The highest BCUT2D eigenvalue weighted by molar-refractivity contribution is 7.16. The molecule has 6 nitrogen and oxygen atoms in total. The summed E-state index contributed by atoms with van der Waals surface area (Å²) in [6.45, 7) is 7.02. The third-order valence-electron chi connectivity index (χ3n) is 4.79. The van der Waals surface area contributed by atoms with Gasteiger partial charge in [-0.2, -0.15) is 0 Å². The Morgan fingerprint density at radius 2 is 2.12 bits per heavy atom. The maximum Gasteiger partial charge on any atom is 0.141 e. The minimum Gasteiger partial charge on any atom is -0.384 e. The number of hydrogen-bond donors (Lipinski definition) is 1. The summed E-state index contributed by atoms with van der Waals surface area (Å²) >= 11 is 1.63. The molecular formula is C17H24N4O2S. The van der Waals surface area contributed by atoms with Gasteiger partial charge in [-0.25, -0.2) is 9.97 Å². The lowest BCUT2D eigenvalue weighted by atomic mass is 10.0. The van der Waals surface area contributed by atoms with Crippen LogP contribution in [-0.4, -0.2) is 71.5 Å². The highest BCUT2D eigenvalue weighted by atomic mass is 32.1. The molecule has 24 heavy (non-hydrogen) atoms. The fourth-order valence-corrected chi connectivity index (χ4v) is 4.54. The van der Waals surface area contributed by atoms with E-state index in [1.807, 2.05) is 12.3 Å². The number of fused-ring (bicyclic) bond motifs is 1.